The number of rotatable bonds is 1. The minimum atomic E-state index is -0.536. The number of ether oxygens (including phenoxy) is 2. The number of fused-ring (bicyclic) bond motifs is 5. The molecule has 1 saturated heterocycles. The summed E-state index contributed by atoms with van der Waals surface area (Å²) in [5.74, 6) is 1.43. The van der Waals surface area contributed by atoms with Gasteiger partial charge in [0.15, 0.2) is 5.79 Å². The van der Waals surface area contributed by atoms with Gasteiger partial charge in [-0.1, -0.05) is 25.5 Å². The number of aliphatic hydroxyl groups excluding tert-OH is 2. The Kier molecular flexibility index (Phi) is 4.16. The number of aliphatic hydroxyl groups is 2. The highest BCUT2D eigenvalue weighted by atomic mass is 16.7. The van der Waals surface area contributed by atoms with Crippen molar-refractivity contribution in [2.45, 2.75) is 83.7 Å². The first kappa shape index (κ1) is 18.6. The second-order valence-corrected chi connectivity index (χ2v) is 10.6. The van der Waals surface area contributed by atoms with Crippen molar-refractivity contribution in [1.29, 1.82) is 0 Å². The summed E-state index contributed by atoms with van der Waals surface area (Å²) in [5, 5.41) is 21.7. The highest BCUT2D eigenvalue weighted by Crippen LogP contribution is 2.68. The fraction of sp³-hybridized carbons (Fsp3) is 0.913. The van der Waals surface area contributed by atoms with Crippen LogP contribution in [0.15, 0.2) is 11.6 Å². The van der Waals surface area contributed by atoms with E-state index >= 15 is 0 Å². The fourth-order valence-corrected chi connectivity index (χ4v) is 8.19. The zero-order valence-corrected chi connectivity index (χ0v) is 17.1. The van der Waals surface area contributed by atoms with Crippen molar-refractivity contribution in [2.24, 2.45) is 34.5 Å². The Labute approximate surface area is 163 Å². The zero-order valence-electron chi connectivity index (χ0n) is 17.1. The Bertz CT molecular complexity index is 638. The molecule has 0 radical (unpaired) electrons. The lowest BCUT2D eigenvalue weighted by molar-refractivity contribution is -0.235. The molecule has 4 aliphatic carbocycles. The molecule has 0 amide bonds. The van der Waals surface area contributed by atoms with E-state index in [0.717, 1.165) is 38.5 Å². The maximum atomic E-state index is 11.5. The van der Waals surface area contributed by atoms with Crippen LogP contribution in [0.4, 0.5) is 0 Å². The maximum Gasteiger partial charge on any atom is 0.169 e. The molecule has 1 heterocycles. The Morgan fingerprint density at radius 2 is 1.74 bits per heavy atom. The van der Waals surface area contributed by atoms with Crippen LogP contribution in [0.25, 0.3) is 0 Å². The molecule has 8 atom stereocenters. The molecule has 1 aliphatic heterocycles. The molecule has 0 bridgehead atoms. The zero-order chi connectivity index (χ0) is 19.0. The molecule has 0 aromatic rings. The third-order valence-electron chi connectivity index (χ3n) is 9.68. The van der Waals surface area contributed by atoms with Gasteiger partial charge >= 0.3 is 0 Å². The monoisotopic (exact) mass is 376 g/mol. The molecule has 27 heavy (non-hydrogen) atoms. The van der Waals surface area contributed by atoms with E-state index in [4.69, 9.17) is 9.47 Å². The molecule has 4 fully saturated rings. The number of hydrogen-bond acceptors (Lipinski definition) is 4. The molecule has 4 heteroatoms. The summed E-state index contributed by atoms with van der Waals surface area (Å²) in [6.45, 7) is 8.16. The van der Waals surface area contributed by atoms with E-state index in [2.05, 4.69) is 26.8 Å². The van der Waals surface area contributed by atoms with Crippen LogP contribution < -0.4 is 0 Å². The fourth-order valence-electron chi connectivity index (χ4n) is 8.19. The third-order valence-corrected chi connectivity index (χ3v) is 9.68. The number of hydrogen-bond donors (Lipinski definition) is 2. The summed E-state index contributed by atoms with van der Waals surface area (Å²) in [5.41, 5.74) is 1.49. The first-order valence-electron chi connectivity index (χ1n) is 11.1. The summed E-state index contributed by atoms with van der Waals surface area (Å²) in [7, 11) is 0. The highest BCUT2D eigenvalue weighted by Gasteiger charge is 2.66. The van der Waals surface area contributed by atoms with Gasteiger partial charge in [0, 0.05) is 11.3 Å². The van der Waals surface area contributed by atoms with Crippen molar-refractivity contribution >= 4 is 0 Å². The summed E-state index contributed by atoms with van der Waals surface area (Å²) >= 11 is 0. The average Bonchev–Trinajstić information content (AvgIpc) is 3.22. The van der Waals surface area contributed by atoms with Gasteiger partial charge in [0.05, 0.1) is 25.4 Å². The SMILES string of the molecule is CC1(C2CCC3C4CC=C5C[C@@H](O)CC[C@]5(C)C4C[C@@H](O)[C@@]32C)OCCO1. The number of allylic oxidation sites excluding steroid dienone is 1. The van der Waals surface area contributed by atoms with Gasteiger partial charge in [-0.05, 0) is 75.0 Å². The van der Waals surface area contributed by atoms with Gasteiger partial charge < -0.3 is 19.7 Å². The summed E-state index contributed by atoms with van der Waals surface area (Å²) in [6.07, 6.45) is 9.03. The Morgan fingerprint density at radius 1 is 1.00 bits per heavy atom. The van der Waals surface area contributed by atoms with E-state index in [0.29, 0.717) is 31.0 Å². The van der Waals surface area contributed by atoms with E-state index in [1.165, 1.54) is 12.0 Å². The van der Waals surface area contributed by atoms with E-state index in [9.17, 15) is 10.2 Å². The first-order chi connectivity index (χ1) is 12.8. The molecule has 0 aromatic carbocycles. The Morgan fingerprint density at radius 3 is 2.48 bits per heavy atom. The minimum Gasteiger partial charge on any atom is -0.393 e. The normalized spacial score (nSPS) is 54.0. The van der Waals surface area contributed by atoms with Crippen LogP contribution in [-0.4, -0.2) is 41.4 Å². The third kappa shape index (κ3) is 2.43. The average molecular weight is 377 g/mol. The molecule has 5 aliphatic rings. The molecule has 152 valence electrons. The van der Waals surface area contributed by atoms with Crippen molar-refractivity contribution in [3.8, 4) is 0 Å². The molecular formula is C23H36O4. The van der Waals surface area contributed by atoms with Crippen LogP contribution in [0.3, 0.4) is 0 Å². The van der Waals surface area contributed by atoms with Crippen molar-refractivity contribution < 1.29 is 19.7 Å². The Balaban J connectivity index is 1.49. The molecule has 2 N–H and O–H groups in total. The second-order valence-electron chi connectivity index (χ2n) is 10.6. The van der Waals surface area contributed by atoms with Gasteiger partial charge in [-0.25, -0.2) is 0 Å². The van der Waals surface area contributed by atoms with Crippen LogP contribution >= 0.6 is 0 Å². The predicted molar refractivity (Wildman–Crippen MR) is 103 cm³/mol. The van der Waals surface area contributed by atoms with E-state index in [1.54, 1.807) is 0 Å². The maximum absolute atomic E-state index is 11.5. The van der Waals surface area contributed by atoms with Crippen LogP contribution in [-0.2, 0) is 9.47 Å². The van der Waals surface area contributed by atoms with E-state index < -0.39 is 5.79 Å². The predicted octanol–water partition coefficient (Wildman–Crippen LogP) is 3.66. The Hall–Kier alpha value is -0.420. The van der Waals surface area contributed by atoms with E-state index in [-0.39, 0.29) is 29.0 Å². The molecule has 5 rings (SSSR count). The molecule has 3 saturated carbocycles. The minimum absolute atomic E-state index is 0.129. The lowest BCUT2D eigenvalue weighted by Crippen LogP contribution is -2.59. The van der Waals surface area contributed by atoms with Gasteiger partial charge in [0.2, 0.25) is 0 Å². The molecule has 4 nitrogen and oxygen atoms in total. The van der Waals surface area contributed by atoms with Gasteiger partial charge in [-0.3, -0.25) is 0 Å². The van der Waals surface area contributed by atoms with Crippen LogP contribution in [0, 0.1) is 34.5 Å². The first-order valence-corrected chi connectivity index (χ1v) is 11.1. The summed E-state index contributed by atoms with van der Waals surface area (Å²) < 4.78 is 12.1. The lowest BCUT2D eigenvalue weighted by atomic mass is 9.46. The molecule has 0 spiro atoms. The largest absolute Gasteiger partial charge is 0.393 e. The van der Waals surface area contributed by atoms with Crippen LogP contribution in [0.2, 0.25) is 0 Å². The van der Waals surface area contributed by atoms with Gasteiger partial charge in [-0.15, -0.1) is 0 Å². The molecule has 4 unspecified atom stereocenters. The highest BCUT2D eigenvalue weighted by molar-refractivity contribution is 5.26. The second kappa shape index (κ2) is 6.04. The van der Waals surface area contributed by atoms with Gasteiger partial charge in [0.25, 0.3) is 0 Å². The van der Waals surface area contributed by atoms with Crippen molar-refractivity contribution in [3.63, 3.8) is 0 Å². The van der Waals surface area contributed by atoms with Crippen molar-refractivity contribution in [1.82, 2.24) is 0 Å². The molecule has 0 aromatic heterocycles. The summed E-state index contributed by atoms with van der Waals surface area (Å²) in [4.78, 5) is 0. The topological polar surface area (TPSA) is 58.9 Å². The lowest BCUT2D eigenvalue weighted by Gasteiger charge is -2.60. The van der Waals surface area contributed by atoms with Crippen molar-refractivity contribution in [3.05, 3.63) is 11.6 Å². The van der Waals surface area contributed by atoms with E-state index in [1.807, 2.05) is 0 Å². The quantitative estimate of drug-likeness (QED) is 0.686. The van der Waals surface area contributed by atoms with Gasteiger partial charge in [0.1, 0.15) is 0 Å². The van der Waals surface area contributed by atoms with Gasteiger partial charge in [-0.2, -0.15) is 0 Å². The summed E-state index contributed by atoms with van der Waals surface area (Å²) in [6, 6.07) is 0. The molecular weight excluding hydrogens is 340 g/mol. The van der Waals surface area contributed by atoms with Crippen molar-refractivity contribution in [2.75, 3.05) is 13.2 Å². The van der Waals surface area contributed by atoms with Crippen LogP contribution in [0.5, 0.6) is 0 Å². The standard InChI is InChI=1S/C23H36O4/c1-21-9-8-15(24)12-14(21)4-5-16-17-6-7-19(23(3)26-10-11-27-23)22(17,2)20(25)13-18(16)21/h4,15-20,24-25H,5-13H2,1-3H3/t15-,16?,17?,18?,19?,20+,21-,22-/m0/s1. The van der Waals surface area contributed by atoms with Crippen LogP contribution in [0.1, 0.15) is 65.7 Å². The smallest absolute Gasteiger partial charge is 0.169 e.